The van der Waals surface area contributed by atoms with Gasteiger partial charge in [0.25, 0.3) is 5.91 Å². The molecule has 0 radical (unpaired) electrons. The zero-order valence-electron chi connectivity index (χ0n) is 17.8. The molecule has 1 aromatic heterocycles. The first-order valence-electron chi connectivity index (χ1n) is 9.98. The lowest BCUT2D eigenvalue weighted by Gasteiger charge is -2.32. The fraction of sp³-hybridized carbons (Fsp3) is 0.550. The van der Waals surface area contributed by atoms with Gasteiger partial charge in [0.1, 0.15) is 11.3 Å². The number of aromatic nitrogens is 2. The van der Waals surface area contributed by atoms with Crippen molar-refractivity contribution in [2.24, 2.45) is 5.92 Å². The summed E-state index contributed by atoms with van der Waals surface area (Å²) in [6.07, 6.45) is 4.60. The molecule has 2 N–H and O–H groups in total. The van der Waals surface area contributed by atoms with Gasteiger partial charge in [-0.2, -0.15) is 0 Å². The summed E-state index contributed by atoms with van der Waals surface area (Å²) in [7, 11) is 1.53. The van der Waals surface area contributed by atoms with Gasteiger partial charge in [0.05, 0.1) is 5.69 Å². The first kappa shape index (κ1) is 21.5. The van der Waals surface area contributed by atoms with Crippen LogP contribution in [0.4, 0.5) is 15.5 Å². The molecular weight excluding hydrogens is 388 g/mol. The van der Waals surface area contributed by atoms with Gasteiger partial charge in [0, 0.05) is 32.9 Å². The van der Waals surface area contributed by atoms with Crippen molar-refractivity contribution in [3.63, 3.8) is 0 Å². The van der Waals surface area contributed by atoms with E-state index < -0.39 is 23.6 Å². The number of nitrogens with one attached hydrogen (secondary N) is 2. The molecule has 0 aromatic carbocycles. The van der Waals surface area contributed by atoms with Crippen molar-refractivity contribution >= 4 is 30.1 Å². The van der Waals surface area contributed by atoms with Gasteiger partial charge in [-0.3, -0.25) is 15.0 Å². The van der Waals surface area contributed by atoms with Crippen molar-refractivity contribution in [1.82, 2.24) is 25.5 Å². The number of urea groups is 1. The number of nitrogens with zero attached hydrogens (tertiary/aromatic N) is 4. The number of amides is 4. The molecule has 3 rings (SSSR count). The molecule has 3 heterocycles. The summed E-state index contributed by atoms with van der Waals surface area (Å²) < 4.78 is 5.27. The molecule has 0 spiro atoms. The van der Waals surface area contributed by atoms with Crippen LogP contribution in [0.3, 0.4) is 0 Å². The smallest absolute Gasteiger partial charge is 0.407 e. The number of hydrogen-bond donors (Lipinski definition) is 2. The van der Waals surface area contributed by atoms with Crippen LogP contribution >= 0.6 is 0 Å². The third-order valence-electron chi connectivity index (χ3n) is 4.90. The lowest BCUT2D eigenvalue weighted by Crippen LogP contribution is -2.40. The van der Waals surface area contributed by atoms with Crippen LogP contribution in [-0.2, 0) is 9.53 Å². The molecule has 0 bridgehead atoms. The third kappa shape index (κ3) is 5.46. The van der Waals surface area contributed by atoms with E-state index in [9.17, 15) is 14.4 Å². The van der Waals surface area contributed by atoms with Gasteiger partial charge >= 0.3 is 12.1 Å². The van der Waals surface area contributed by atoms with E-state index in [0.29, 0.717) is 24.1 Å². The first-order valence-corrected chi connectivity index (χ1v) is 9.98. The number of alkyl carbamates (subject to hydrolysis) is 1. The summed E-state index contributed by atoms with van der Waals surface area (Å²) in [5.41, 5.74) is 0.295. The van der Waals surface area contributed by atoms with Gasteiger partial charge in [-0.05, 0) is 51.7 Å². The second-order valence-corrected chi connectivity index (χ2v) is 8.44. The fourth-order valence-electron chi connectivity index (χ4n) is 3.28. The van der Waals surface area contributed by atoms with Gasteiger partial charge in [0.15, 0.2) is 0 Å². The largest absolute Gasteiger partial charge is 0.444 e. The van der Waals surface area contributed by atoms with Gasteiger partial charge in [-0.1, -0.05) is 0 Å². The van der Waals surface area contributed by atoms with Crippen molar-refractivity contribution in [1.29, 1.82) is 0 Å². The van der Waals surface area contributed by atoms with E-state index in [4.69, 9.17) is 4.74 Å². The highest BCUT2D eigenvalue weighted by Gasteiger charge is 2.30. The van der Waals surface area contributed by atoms with E-state index in [-0.39, 0.29) is 5.70 Å². The predicted octanol–water partition coefficient (Wildman–Crippen LogP) is 1.74. The highest BCUT2D eigenvalue weighted by Crippen LogP contribution is 2.21. The number of imide groups is 1. The van der Waals surface area contributed by atoms with Crippen LogP contribution in [0.5, 0.6) is 0 Å². The minimum Gasteiger partial charge on any atom is -0.444 e. The van der Waals surface area contributed by atoms with Crippen molar-refractivity contribution < 1.29 is 19.1 Å². The number of rotatable bonds is 4. The molecule has 2 fully saturated rings. The Morgan fingerprint density at radius 3 is 2.63 bits per heavy atom. The van der Waals surface area contributed by atoms with E-state index in [1.807, 2.05) is 20.8 Å². The lowest BCUT2D eigenvalue weighted by molar-refractivity contribution is -0.115. The van der Waals surface area contributed by atoms with Crippen molar-refractivity contribution in [3.8, 4) is 0 Å². The molecule has 1 aromatic rings. The molecule has 0 unspecified atom stereocenters. The molecule has 2 saturated heterocycles. The fourth-order valence-corrected chi connectivity index (χ4v) is 3.28. The van der Waals surface area contributed by atoms with E-state index in [1.165, 1.54) is 11.9 Å². The topological polar surface area (TPSA) is 117 Å². The summed E-state index contributed by atoms with van der Waals surface area (Å²) in [6, 6.07) is 1.24. The molecular formula is C20H28N6O4. The maximum absolute atomic E-state index is 11.9. The number of anilines is 1. The molecule has 10 nitrogen and oxygen atoms in total. The van der Waals surface area contributed by atoms with Crippen molar-refractivity contribution in [2.75, 3.05) is 31.6 Å². The summed E-state index contributed by atoms with van der Waals surface area (Å²) in [5.74, 6) is 0.497. The molecule has 10 heteroatoms. The Labute approximate surface area is 175 Å². The Morgan fingerprint density at radius 1 is 1.33 bits per heavy atom. The zero-order valence-corrected chi connectivity index (χ0v) is 17.8. The number of ether oxygens (including phenoxy) is 1. The summed E-state index contributed by atoms with van der Waals surface area (Å²) >= 11 is 0. The molecule has 4 amide bonds. The SMILES string of the molecule is CN1C(=O)NC(=O)C1=Cc1ccnc(N2CCC(CNC(=O)OC(C)(C)C)CC2)n1. The Hall–Kier alpha value is -3.17. The maximum atomic E-state index is 11.9. The average molecular weight is 416 g/mol. The third-order valence-corrected chi connectivity index (χ3v) is 4.90. The Morgan fingerprint density at radius 2 is 2.03 bits per heavy atom. The summed E-state index contributed by atoms with van der Waals surface area (Å²) in [6.45, 7) is 7.61. The minimum absolute atomic E-state index is 0.247. The van der Waals surface area contributed by atoms with E-state index in [0.717, 1.165) is 25.9 Å². The number of carbonyl (C=O) groups excluding carboxylic acids is 3. The number of piperidine rings is 1. The molecule has 162 valence electrons. The van der Waals surface area contributed by atoms with Crippen LogP contribution in [0.1, 0.15) is 39.3 Å². The van der Waals surface area contributed by atoms with E-state index >= 15 is 0 Å². The molecule has 2 aliphatic heterocycles. The van der Waals surface area contributed by atoms with Crippen LogP contribution in [-0.4, -0.2) is 65.2 Å². The molecule has 0 aliphatic carbocycles. The second-order valence-electron chi connectivity index (χ2n) is 8.44. The Kier molecular flexibility index (Phi) is 6.23. The molecule has 30 heavy (non-hydrogen) atoms. The predicted molar refractivity (Wildman–Crippen MR) is 110 cm³/mol. The van der Waals surface area contributed by atoms with Crippen LogP contribution < -0.4 is 15.5 Å². The zero-order chi connectivity index (χ0) is 21.9. The van der Waals surface area contributed by atoms with Gasteiger partial charge in [-0.25, -0.2) is 19.6 Å². The monoisotopic (exact) mass is 416 g/mol. The Bertz CT molecular complexity index is 855. The van der Waals surface area contributed by atoms with Crippen molar-refractivity contribution in [2.45, 2.75) is 39.2 Å². The van der Waals surface area contributed by atoms with Crippen LogP contribution in [0.15, 0.2) is 18.0 Å². The van der Waals surface area contributed by atoms with Gasteiger partial charge < -0.3 is 15.0 Å². The number of likely N-dealkylation sites (N-methyl/N-ethyl adjacent to an activating group) is 1. The quantitative estimate of drug-likeness (QED) is 0.567. The molecule has 0 atom stereocenters. The highest BCUT2D eigenvalue weighted by molar-refractivity contribution is 6.13. The first-order chi connectivity index (χ1) is 14.1. The van der Waals surface area contributed by atoms with E-state index in [1.54, 1.807) is 18.3 Å². The standard InChI is InChI=1S/C20H28N6O4/c1-20(2,3)30-19(29)22-12-13-6-9-26(10-7-13)17-21-8-5-14(23-17)11-15-16(27)24-18(28)25(15)4/h5,8,11,13H,6-7,9-10,12H2,1-4H3,(H,22,29)(H,24,27,28). The van der Waals surface area contributed by atoms with Crippen LogP contribution in [0.25, 0.3) is 6.08 Å². The highest BCUT2D eigenvalue weighted by atomic mass is 16.6. The Balaban J connectivity index is 1.55. The number of hydrogen-bond acceptors (Lipinski definition) is 7. The maximum Gasteiger partial charge on any atom is 0.407 e. The summed E-state index contributed by atoms with van der Waals surface area (Å²) in [5, 5.41) is 5.08. The normalized spacial score (nSPS) is 19.3. The van der Waals surface area contributed by atoms with Gasteiger partial charge in [-0.15, -0.1) is 0 Å². The van der Waals surface area contributed by atoms with Crippen molar-refractivity contribution in [3.05, 3.63) is 23.7 Å². The summed E-state index contributed by atoms with van der Waals surface area (Å²) in [4.78, 5) is 47.5. The molecule has 0 saturated carbocycles. The van der Waals surface area contributed by atoms with Gasteiger partial charge in [0.2, 0.25) is 5.95 Å². The van der Waals surface area contributed by atoms with Crippen LogP contribution in [0.2, 0.25) is 0 Å². The number of carbonyl (C=O) groups is 3. The second kappa shape index (κ2) is 8.68. The van der Waals surface area contributed by atoms with E-state index in [2.05, 4.69) is 25.5 Å². The lowest BCUT2D eigenvalue weighted by atomic mass is 9.97. The minimum atomic E-state index is -0.508. The average Bonchev–Trinajstić information content (AvgIpc) is 2.92. The molecule has 2 aliphatic rings. The van der Waals surface area contributed by atoms with Crippen LogP contribution in [0, 0.1) is 5.92 Å².